The molecule has 1 aromatic rings. The SMILES string of the molecule is CC(C)Oc1ccc(C(O)C(O)C(C)(C)C)cc1. The van der Waals surface area contributed by atoms with Gasteiger partial charge in [0.05, 0.1) is 12.2 Å². The molecule has 0 fully saturated rings. The molecule has 2 N–H and O–H groups in total. The van der Waals surface area contributed by atoms with E-state index in [0.29, 0.717) is 5.56 Å². The molecule has 0 aliphatic carbocycles. The Kier molecular flexibility index (Phi) is 4.77. The molecular formula is C15H24O3. The van der Waals surface area contributed by atoms with E-state index in [4.69, 9.17) is 4.74 Å². The first kappa shape index (κ1) is 15.0. The fourth-order valence-electron chi connectivity index (χ4n) is 1.67. The summed E-state index contributed by atoms with van der Waals surface area (Å²) >= 11 is 0. The van der Waals surface area contributed by atoms with E-state index in [1.54, 1.807) is 12.1 Å². The van der Waals surface area contributed by atoms with Crippen LogP contribution in [0.4, 0.5) is 0 Å². The standard InChI is InChI=1S/C15H24O3/c1-10(2)18-12-8-6-11(7-9-12)13(16)14(17)15(3,4)5/h6-10,13-14,16-17H,1-5H3. The van der Waals surface area contributed by atoms with E-state index in [0.717, 1.165) is 5.75 Å². The van der Waals surface area contributed by atoms with Crippen molar-refractivity contribution in [2.24, 2.45) is 5.41 Å². The Morgan fingerprint density at radius 1 is 1.00 bits per heavy atom. The van der Waals surface area contributed by atoms with Gasteiger partial charge in [-0.25, -0.2) is 0 Å². The van der Waals surface area contributed by atoms with Crippen LogP contribution in [0.1, 0.15) is 46.3 Å². The summed E-state index contributed by atoms with van der Waals surface area (Å²) in [6.07, 6.45) is -1.55. The first-order valence-corrected chi connectivity index (χ1v) is 6.34. The van der Waals surface area contributed by atoms with Crippen molar-refractivity contribution < 1.29 is 14.9 Å². The molecule has 3 heteroatoms. The smallest absolute Gasteiger partial charge is 0.119 e. The first-order chi connectivity index (χ1) is 8.21. The van der Waals surface area contributed by atoms with Crippen LogP contribution in [0.15, 0.2) is 24.3 Å². The molecule has 0 saturated heterocycles. The lowest BCUT2D eigenvalue weighted by atomic mass is 9.83. The van der Waals surface area contributed by atoms with Gasteiger partial charge in [-0.1, -0.05) is 32.9 Å². The van der Waals surface area contributed by atoms with E-state index in [-0.39, 0.29) is 11.5 Å². The van der Waals surface area contributed by atoms with E-state index in [9.17, 15) is 10.2 Å². The summed E-state index contributed by atoms with van der Waals surface area (Å²) in [5, 5.41) is 20.1. The number of aliphatic hydroxyl groups excluding tert-OH is 2. The highest BCUT2D eigenvalue weighted by Crippen LogP contribution is 2.30. The number of rotatable bonds is 4. The molecule has 0 saturated carbocycles. The van der Waals surface area contributed by atoms with Crippen molar-refractivity contribution in [1.29, 1.82) is 0 Å². The number of aliphatic hydroxyl groups is 2. The highest BCUT2D eigenvalue weighted by molar-refractivity contribution is 5.29. The predicted octanol–water partition coefficient (Wildman–Crippen LogP) is 2.91. The van der Waals surface area contributed by atoms with Crippen LogP contribution in [0, 0.1) is 5.41 Å². The second kappa shape index (κ2) is 5.72. The zero-order valence-electron chi connectivity index (χ0n) is 11.8. The third-order valence-corrected chi connectivity index (χ3v) is 2.78. The molecule has 0 amide bonds. The molecule has 0 aromatic heterocycles. The Balaban J connectivity index is 2.79. The minimum Gasteiger partial charge on any atom is -0.491 e. The number of ether oxygens (including phenoxy) is 1. The van der Waals surface area contributed by atoms with Crippen LogP contribution in [0.3, 0.4) is 0 Å². The Morgan fingerprint density at radius 2 is 1.50 bits per heavy atom. The highest BCUT2D eigenvalue weighted by Gasteiger charge is 2.30. The molecule has 1 aromatic carbocycles. The minimum atomic E-state index is -0.877. The van der Waals surface area contributed by atoms with Gasteiger partial charge < -0.3 is 14.9 Å². The van der Waals surface area contributed by atoms with Gasteiger partial charge in [0.1, 0.15) is 11.9 Å². The molecule has 0 bridgehead atoms. The van der Waals surface area contributed by atoms with Crippen LogP contribution in [0.25, 0.3) is 0 Å². The van der Waals surface area contributed by atoms with Gasteiger partial charge in [-0.3, -0.25) is 0 Å². The van der Waals surface area contributed by atoms with E-state index >= 15 is 0 Å². The molecule has 1 rings (SSSR count). The summed E-state index contributed by atoms with van der Waals surface area (Å²) < 4.78 is 5.53. The fourth-order valence-corrected chi connectivity index (χ4v) is 1.67. The largest absolute Gasteiger partial charge is 0.491 e. The van der Waals surface area contributed by atoms with Gasteiger partial charge in [-0.2, -0.15) is 0 Å². The van der Waals surface area contributed by atoms with Crippen molar-refractivity contribution in [2.45, 2.75) is 52.9 Å². The van der Waals surface area contributed by atoms with Crippen molar-refractivity contribution in [2.75, 3.05) is 0 Å². The summed E-state index contributed by atoms with van der Waals surface area (Å²) in [6.45, 7) is 9.63. The Hall–Kier alpha value is -1.06. The molecule has 2 unspecified atom stereocenters. The molecule has 0 aliphatic heterocycles. The number of hydrogen-bond donors (Lipinski definition) is 2. The average molecular weight is 252 g/mol. The highest BCUT2D eigenvalue weighted by atomic mass is 16.5. The Bertz CT molecular complexity index is 362. The van der Waals surface area contributed by atoms with Crippen molar-refractivity contribution in [3.05, 3.63) is 29.8 Å². The van der Waals surface area contributed by atoms with Gasteiger partial charge in [-0.15, -0.1) is 0 Å². The quantitative estimate of drug-likeness (QED) is 0.866. The monoisotopic (exact) mass is 252 g/mol. The summed E-state index contributed by atoms with van der Waals surface area (Å²) in [5.41, 5.74) is 0.348. The van der Waals surface area contributed by atoms with Crippen LogP contribution in [0.2, 0.25) is 0 Å². The van der Waals surface area contributed by atoms with Crippen LogP contribution in [-0.2, 0) is 0 Å². The van der Waals surface area contributed by atoms with Gasteiger partial charge in [0.25, 0.3) is 0 Å². The molecule has 0 aliphatic rings. The molecule has 3 nitrogen and oxygen atoms in total. The lowest BCUT2D eigenvalue weighted by Gasteiger charge is -2.30. The minimum absolute atomic E-state index is 0.126. The maximum atomic E-state index is 10.1. The molecule has 18 heavy (non-hydrogen) atoms. The zero-order valence-corrected chi connectivity index (χ0v) is 11.8. The topological polar surface area (TPSA) is 49.7 Å². The van der Waals surface area contributed by atoms with Crippen LogP contribution >= 0.6 is 0 Å². The van der Waals surface area contributed by atoms with Crippen LogP contribution in [0.5, 0.6) is 5.75 Å². The summed E-state index contributed by atoms with van der Waals surface area (Å²) in [6, 6.07) is 7.20. The lowest BCUT2D eigenvalue weighted by Crippen LogP contribution is -2.32. The van der Waals surface area contributed by atoms with Gasteiger partial charge in [0, 0.05) is 0 Å². The number of hydrogen-bond acceptors (Lipinski definition) is 3. The second-order valence-corrected chi connectivity index (χ2v) is 5.99. The van der Waals surface area contributed by atoms with E-state index < -0.39 is 12.2 Å². The van der Waals surface area contributed by atoms with E-state index in [1.165, 1.54) is 0 Å². The van der Waals surface area contributed by atoms with Crippen LogP contribution < -0.4 is 4.74 Å². The van der Waals surface area contributed by atoms with E-state index in [2.05, 4.69) is 0 Å². The molecule has 102 valence electrons. The number of benzene rings is 1. The molecule has 0 heterocycles. The lowest BCUT2D eigenvalue weighted by molar-refractivity contribution is -0.0458. The van der Waals surface area contributed by atoms with Crippen molar-refractivity contribution in [3.8, 4) is 5.75 Å². The maximum absolute atomic E-state index is 10.1. The normalized spacial score (nSPS) is 15.6. The zero-order chi connectivity index (χ0) is 13.9. The van der Waals surface area contributed by atoms with Gasteiger partial charge in [-0.05, 0) is 37.0 Å². The predicted molar refractivity (Wildman–Crippen MR) is 72.6 cm³/mol. The summed E-state index contributed by atoms with van der Waals surface area (Å²) in [7, 11) is 0. The summed E-state index contributed by atoms with van der Waals surface area (Å²) in [4.78, 5) is 0. The van der Waals surface area contributed by atoms with Crippen molar-refractivity contribution in [3.63, 3.8) is 0 Å². The molecule has 0 radical (unpaired) electrons. The van der Waals surface area contributed by atoms with Gasteiger partial charge >= 0.3 is 0 Å². The van der Waals surface area contributed by atoms with Gasteiger partial charge in [0.15, 0.2) is 0 Å². The fraction of sp³-hybridized carbons (Fsp3) is 0.600. The molecular weight excluding hydrogens is 228 g/mol. The third-order valence-electron chi connectivity index (χ3n) is 2.78. The Labute approximate surface area is 109 Å². The first-order valence-electron chi connectivity index (χ1n) is 6.34. The van der Waals surface area contributed by atoms with E-state index in [1.807, 2.05) is 46.8 Å². The van der Waals surface area contributed by atoms with Crippen molar-refractivity contribution in [1.82, 2.24) is 0 Å². The Morgan fingerprint density at radius 3 is 1.89 bits per heavy atom. The summed E-state index contributed by atoms with van der Waals surface area (Å²) in [5.74, 6) is 0.770. The third kappa shape index (κ3) is 4.00. The molecule has 0 spiro atoms. The van der Waals surface area contributed by atoms with Gasteiger partial charge in [0.2, 0.25) is 0 Å². The molecule has 2 atom stereocenters. The average Bonchev–Trinajstić information content (AvgIpc) is 2.26. The second-order valence-electron chi connectivity index (χ2n) is 5.99. The maximum Gasteiger partial charge on any atom is 0.119 e. The van der Waals surface area contributed by atoms with Crippen molar-refractivity contribution >= 4 is 0 Å². The van der Waals surface area contributed by atoms with Crippen LogP contribution in [-0.4, -0.2) is 22.4 Å².